The van der Waals surface area contributed by atoms with E-state index in [0.29, 0.717) is 0 Å². The van der Waals surface area contributed by atoms with Crippen molar-refractivity contribution < 1.29 is 0 Å². The van der Waals surface area contributed by atoms with Gasteiger partial charge in [0.25, 0.3) is 0 Å². The van der Waals surface area contributed by atoms with Gasteiger partial charge in [-0.2, -0.15) is 0 Å². The van der Waals surface area contributed by atoms with Gasteiger partial charge >= 0.3 is 0 Å². The molecule has 1 heteroatoms. The number of hydrogen-bond donors (Lipinski definition) is 0. The maximum Gasteiger partial charge on any atom is 0.0543 e. The summed E-state index contributed by atoms with van der Waals surface area (Å²) >= 11 is 0. The van der Waals surface area contributed by atoms with E-state index in [2.05, 4.69) is 240 Å². The van der Waals surface area contributed by atoms with E-state index in [1.807, 2.05) is 0 Å². The molecule has 306 valence electrons. The van der Waals surface area contributed by atoms with Crippen molar-refractivity contribution >= 4 is 17.1 Å². The first-order chi connectivity index (χ1) is 28.8. The van der Waals surface area contributed by atoms with Crippen molar-refractivity contribution in [2.75, 3.05) is 4.90 Å². The molecule has 0 N–H and O–H groups in total. The minimum absolute atomic E-state index is 0.0375. The Bertz CT molecular complexity index is 2910. The molecule has 0 unspecified atom stereocenters. The maximum atomic E-state index is 2.60. The van der Waals surface area contributed by atoms with Crippen molar-refractivity contribution in [3.05, 3.63) is 185 Å². The standard InChI is InChI=1S/C60H61N/c1-55(2)48-26-19-17-24-43(48)46-36-40(31-34-49(46)57(55,5)6)61(41-30-33-44-42-23-16-18-25-47(42)56(3,4)60(11,12)52(44)37-41)53-28-20-27-50-54(53)45-32-29-39(38-21-14-13-15-22-38)35-51(45)59(9,10)58(50,7)8/h13-37H,1-12H3. The zero-order valence-electron chi connectivity index (χ0n) is 38.4. The van der Waals surface area contributed by atoms with Crippen LogP contribution in [0.5, 0.6) is 0 Å². The van der Waals surface area contributed by atoms with Crippen molar-refractivity contribution in [3.63, 3.8) is 0 Å². The summed E-state index contributed by atoms with van der Waals surface area (Å²) in [6.45, 7) is 29.3. The third-order valence-corrected chi connectivity index (χ3v) is 17.4. The van der Waals surface area contributed by atoms with Crippen LogP contribution in [-0.4, -0.2) is 0 Å². The van der Waals surface area contributed by atoms with Crippen LogP contribution < -0.4 is 4.90 Å². The summed E-state index contributed by atoms with van der Waals surface area (Å²) in [6.07, 6.45) is 0. The van der Waals surface area contributed by atoms with Gasteiger partial charge in [0.15, 0.2) is 0 Å². The molecule has 0 saturated heterocycles. The normalized spacial score (nSPS) is 18.6. The van der Waals surface area contributed by atoms with Crippen LogP contribution in [0, 0.1) is 0 Å². The lowest BCUT2D eigenvalue weighted by Gasteiger charge is -2.50. The van der Waals surface area contributed by atoms with Gasteiger partial charge in [0, 0.05) is 16.9 Å². The molecule has 61 heavy (non-hydrogen) atoms. The fourth-order valence-electron chi connectivity index (χ4n) is 11.5. The lowest BCUT2D eigenvalue weighted by atomic mass is 9.55. The van der Waals surface area contributed by atoms with Crippen molar-refractivity contribution in [1.82, 2.24) is 0 Å². The minimum atomic E-state index is -0.164. The molecule has 0 saturated carbocycles. The van der Waals surface area contributed by atoms with Crippen LogP contribution in [0.15, 0.2) is 152 Å². The molecule has 7 aromatic carbocycles. The molecular formula is C60H61N. The van der Waals surface area contributed by atoms with E-state index in [-0.39, 0.29) is 32.5 Å². The van der Waals surface area contributed by atoms with Gasteiger partial charge in [-0.3, -0.25) is 0 Å². The first kappa shape index (κ1) is 39.5. The molecule has 1 nitrogen and oxygen atoms in total. The van der Waals surface area contributed by atoms with Gasteiger partial charge in [-0.05, 0) is 141 Å². The smallest absolute Gasteiger partial charge is 0.0543 e. The average molecular weight is 796 g/mol. The lowest BCUT2D eigenvalue weighted by Crippen LogP contribution is -2.44. The van der Waals surface area contributed by atoms with Crippen LogP contribution in [0.25, 0.3) is 44.5 Å². The van der Waals surface area contributed by atoms with Crippen molar-refractivity contribution in [3.8, 4) is 44.5 Å². The third kappa shape index (κ3) is 5.25. The summed E-state index contributed by atoms with van der Waals surface area (Å²) in [5, 5.41) is 0. The quantitative estimate of drug-likeness (QED) is 0.172. The highest BCUT2D eigenvalue weighted by Crippen LogP contribution is 2.60. The molecule has 0 radical (unpaired) electrons. The van der Waals surface area contributed by atoms with E-state index in [0.717, 1.165) is 0 Å². The van der Waals surface area contributed by atoms with E-state index in [1.54, 1.807) is 0 Å². The predicted octanol–water partition coefficient (Wildman–Crippen LogP) is 16.5. The molecule has 0 aromatic heterocycles. The van der Waals surface area contributed by atoms with E-state index in [4.69, 9.17) is 0 Å². The Hall–Kier alpha value is -5.66. The highest BCUT2D eigenvalue weighted by molar-refractivity contribution is 5.96. The molecule has 0 atom stereocenters. The number of anilines is 3. The van der Waals surface area contributed by atoms with Crippen LogP contribution in [0.1, 0.15) is 116 Å². The molecule has 10 rings (SSSR count). The minimum Gasteiger partial charge on any atom is -0.310 e. The highest BCUT2D eigenvalue weighted by Gasteiger charge is 2.49. The van der Waals surface area contributed by atoms with Gasteiger partial charge in [-0.15, -0.1) is 0 Å². The van der Waals surface area contributed by atoms with Crippen LogP contribution in [0.2, 0.25) is 0 Å². The number of rotatable bonds is 4. The Balaban J connectivity index is 1.27. The second-order valence-electron chi connectivity index (χ2n) is 21.5. The van der Waals surface area contributed by atoms with Crippen LogP contribution in [0.3, 0.4) is 0 Å². The SMILES string of the molecule is CC1(C)c2ccccc2-c2cc(N(c3ccc4c(c3)C(C)(C)C(C)(C)c3ccccc3-4)c3cccc4c3-c3ccc(-c5ccccc5)cc3C(C)(C)C4(C)C)ccc2C1(C)C. The van der Waals surface area contributed by atoms with Crippen molar-refractivity contribution in [2.24, 2.45) is 0 Å². The maximum absolute atomic E-state index is 2.60. The summed E-state index contributed by atoms with van der Waals surface area (Å²) in [7, 11) is 0. The van der Waals surface area contributed by atoms with Gasteiger partial charge in [0.1, 0.15) is 0 Å². The zero-order valence-corrected chi connectivity index (χ0v) is 38.4. The van der Waals surface area contributed by atoms with E-state index >= 15 is 0 Å². The van der Waals surface area contributed by atoms with Crippen molar-refractivity contribution in [2.45, 2.75) is 116 Å². The number of nitrogens with zero attached hydrogens (tertiary/aromatic N) is 1. The Morgan fingerprint density at radius 1 is 0.279 bits per heavy atom. The fraction of sp³-hybridized carbons (Fsp3) is 0.300. The number of benzene rings is 7. The summed E-state index contributed by atoms with van der Waals surface area (Å²) < 4.78 is 0. The van der Waals surface area contributed by atoms with E-state index in [1.165, 1.54) is 95.0 Å². The van der Waals surface area contributed by atoms with Gasteiger partial charge in [-0.25, -0.2) is 0 Å². The average Bonchev–Trinajstić information content (AvgIpc) is 3.25. The van der Waals surface area contributed by atoms with Gasteiger partial charge in [-0.1, -0.05) is 198 Å². The predicted molar refractivity (Wildman–Crippen MR) is 261 cm³/mol. The molecule has 7 aromatic rings. The second kappa shape index (κ2) is 12.9. The topological polar surface area (TPSA) is 3.24 Å². The molecule has 0 bridgehead atoms. The largest absolute Gasteiger partial charge is 0.310 e. The lowest BCUT2D eigenvalue weighted by molar-refractivity contribution is 0.299. The van der Waals surface area contributed by atoms with Crippen LogP contribution in [-0.2, 0) is 32.5 Å². The Morgan fingerprint density at radius 2 is 0.721 bits per heavy atom. The second-order valence-corrected chi connectivity index (χ2v) is 21.5. The molecule has 0 heterocycles. The Kier molecular flexibility index (Phi) is 8.37. The van der Waals surface area contributed by atoms with E-state index < -0.39 is 0 Å². The Labute approximate surface area is 365 Å². The molecule has 0 amide bonds. The summed E-state index contributed by atoms with van der Waals surface area (Å²) in [5.74, 6) is 0. The first-order valence-corrected chi connectivity index (χ1v) is 22.4. The van der Waals surface area contributed by atoms with Gasteiger partial charge in [0.2, 0.25) is 0 Å². The molecular weight excluding hydrogens is 735 g/mol. The zero-order chi connectivity index (χ0) is 43.1. The van der Waals surface area contributed by atoms with Gasteiger partial charge in [0.05, 0.1) is 5.69 Å². The molecule has 0 spiro atoms. The highest BCUT2D eigenvalue weighted by atomic mass is 15.1. The summed E-state index contributed by atoms with van der Waals surface area (Å²) in [4.78, 5) is 2.60. The summed E-state index contributed by atoms with van der Waals surface area (Å²) in [5.41, 5.74) is 21.9. The van der Waals surface area contributed by atoms with Crippen molar-refractivity contribution in [1.29, 1.82) is 0 Å². The van der Waals surface area contributed by atoms with Crippen LogP contribution in [0.4, 0.5) is 17.1 Å². The third-order valence-electron chi connectivity index (χ3n) is 17.4. The summed E-state index contributed by atoms with van der Waals surface area (Å²) in [6, 6.07) is 58.1. The first-order valence-electron chi connectivity index (χ1n) is 22.4. The van der Waals surface area contributed by atoms with Gasteiger partial charge < -0.3 is 4.90 Å². The molecule has 0 aliphatic heterocycles. The monoisotopic (exact) mass is 795 g/mol. The molecule has 3 aliphatic rings. The number of fused-ring (bicyclic) bond motifs is 9. The molecule has 3 aliphatic carbocycles. The Morgan fingerprint density at radius 3 is 1.36 bits per heavy atom. The fourth-order valence-corrected chi connectivity index (χ4v) is 11.5. The molecule has 0 fully saturated rings. The van der Waals surface area contributed by atoms with E-state index in [9.17, 15) is 0 Å². The number of hydrogen-bond acceptors (Lipinski definition) is 1. The van der Waals surface area contributed by atoms with Crippen LogP contribution >= 0.6 is 0 Å².